The highest BCUT2D eigenvalue weighted by molar-refractivity contribution is 9.10. The number of fused-ring (bicyclic) bond motifs is 1. The molecule has 2 aromatic carbocycles. The quantitative estimate of drug-likeness (QED) is 0.546. The molecule has 9 nitrogen and oxygen atoms in total. The van der Waals surface area contributed by atoms with Crippen molar-refractivity contribution < 1.29 is 14.1 Å². The highest BCUT2D eigenvalue weighted by atomic mass is 79.9. The second-order valence-corrected chi connectivity index (χ2v) is 7.97. The number of carbonyl (C=O) groups excluding carboxylic acids is 2. The number of aromatic nitrogens is 2. The standard InChI is InChI=1S/C20H15BrN6O3/c1-11-2-4-12(5-3-11)18-22-15(30-24-18)10-26-17-16(23-25-26)19(28)27(20(17)29)14-8-6-13(21)7-9-14/h2-9,16-17H,10H2,1H3/t16-,17-/m1/s1. The molecule has 30 heavy (non-hydrogen) atoms. The molecular weight excluding hydrogens is 452 g/mol. The third-order valence-electron chi connectivity index (χ3n) is 5.02. The lowest BCUT2D eigenvalue weighted by molar-refractivity contribution is -0.123. The van der Waals surface area contributed by atoms with Crippen LogP contribution in [0.15, 0.2) is 67.9 Å². The summed E-state index contributed by atoms with van der Waals surface area (Å²) in [6.07, 6.45) is 0. The first-order valence-corrected chi connectivity index (χ1v) is 10.0. The minimum Gasteiger partial charge on any atom is -0.337 e. The van der Waals surface area contributed by atoms with Crippen LogP contribution >= 0.6 is 15.9 Å². The molecule has 0 spiro atoms. The smallest absolute Gasteiger partial charge is 0.263 e. The Bertz CT molecular complexity index is 1160. The molecule has 2 aliphatic heterocycles. The van der Waals surface area contributed by atoms with E-state index >= 15 is 0 Å². The predicted molar refractivity (Wildman–Crippen MR) is 109 cm³/mol. The maximum absolute atomic E-state index is 13.0. The van der Waals surface area contributed by atoms with E-state index in [-0.39, 0.29) is 18.3 Å². The molecule has 0 bridgehead atoms. The van der Waals surface area contributed by atoms with Crippen LogP contribution < -0.4 is 4.90 Å². The zero-order valence-corrected chi connectivity index (χ0v) is 17.4. The maximum atomic E-state index is 13.0. The Morgan fingerprint density at radius 3 is 2.50 bits per heavy atom. The Balaban J connectivity index is 1.36. The van der Waals surface area contributed by atoms with E-state index in [0.717, 1.165) is 20.5 Å². The summed E-state index contributed by atoms with van der Waals surface area (Å²) >= 11 is 3.35. The van der Waals surface area contributed by atoms with Gasteiger partial charge in [0.2, 0.25) is 11.7 Å². The number of anilines is 1. The molecule has 3 heterocycles. The van der Waals surface area contributed by atoms with Gasteiger partial charge in [0.05, 0.1) is 5.69 Å². The number of hydrogen-bond donors (Lipinski definition) is 0. The number of nitrogens with zero attached hydrogens (tertiary/aromatic N) is 6. The van der Waals surface area contributed by atoms with Crippen LogP contribution in [0.5, 0.6) is 0 Å². The molecule has 0 aliphatic carbocycles. The van der Waals surface area contributed by atoms with Gasteiger partial charge in [-0.15, -0.1) is 0 Å². The lowest BCUT2D eigenvalue weighted by Gasteiger charge is -2.19. The normalized spacial score (nSPS) is 20.3. The van der Waals surface area contributed by atoms with Gasteiger partial charge in [0.15, 0.2) is 12.1 Å². The molecule has 1 aromatic heterocycles. The topological polar surface area (TPSA) is 104 Å². The van der Waals surface area contributed by atoms with Crippen molar-refractivity contribution in [1.29, 1.82) is 0 Å². The molecule has 5 rings (SSSR count). The van der Waals surface area contributed by atoms with Gasteiger partial charge < -0.3 is 4.52 Å². The Kier molecular flexibility index (Phi) is 4.43. The van der Waals surface area contributed by atoms with Crippen LogP contribution in [-0.2, 0) is 16.1 Å². The fourth-order valence-corrected chi connectivity index (χ4v) is 3.74. The van der Waals surface area contributed by atoms with E-state index in [1.54, 1.807) is 24.3 Å². The van der Waals surface area contributed by atoms with Crippen molar-refractivity contribution >= 4 is 33.4 Å². The van der Waals surface area contributed by atoms with Gasteiger partial charge in [-0.3, -0.25) is 14.6 Å². The van der Waals surface area contributed by atoms with Crippen molar-refractivity contribution in [2.24, 2.45) is 10.3 Å². The average Bonchev–Trinajstić information content (AvgIpc) is 3.43. The number of halogens is 1. The van der Waals surface area contributed by atoms with E-state index in [1.165, 1.54) is 5.01 Å². The van der Waals surface area contributed by atoms with Crippen LogP contribution in [0.2, 0.25) is 0 Å². The number of aryl methyl sites for hydroxylation is 1. The minimum absolute atomic E-state index is 0.0801. The van der Waals surface area contributed by atoms with Crippen molar-refractivity contribution in [3.63, 3.8) is 0 Å². The second kappa shape index (κ2) is 7.13. The summed E-state index contributed by atoms with van der Waals surface area (Å²) in [5, 5.41) is 13.4. The van der Waals surface area contributed by atoms with Crippen LogP contribution in [0.1, 0.15) is 11.5 Å². The van der Waals surface area contributed by atoms with Crippen LogP contribution in [-0.4, -0.2) is 39.0 Å². The largest absolute Gasteiger partial charge is 0.337 e. The monoisotopic (exact) mass is 466 g/mol. The number of hydrogen-bond acceptors (Lipinski definition) is 8. The Hall–Kier alpha value is -3.40. The summed E-state index contributed by atoms with van der Waals surface area (Å²) in [4.78, 5) is 31.3. The zero-order valence-electron chi connectivity index (χ0n) is 15.8. The third-order valence-corrected chi connectivity index (χ3v) is 5.55. The molecule has 0 unspecified atom stereocenters. The summed E-state index contributed by atoms with van der Waals surface area (Å²) in [5.74, 6) is -0.0458. The third kappa shape index (κ3) is 3.09. The summed E-state index contributed by atoms with van der Waals surface area (Å²) in [5.41, 5.74) is 2.45. The first-order chi connectivity index (χ1) is 14.5. The Morgan fingerprint density at radius 2 is 1.77 bits per heavy atom. The molecule has 2 aliphatic rings. The molecule has 2 atom stereocenters. The van der Waals surface area contributed by atoms with Crippen LogP contribution in [0.4, 0.5) is 5.69 Å². The van der Waals surface area contributed by atoms with Gasteiger partial charge in [0.25, 0.3) is 11.8 Å². The molecule has 2 amide bonds. The molecule has 3 aromatic rings. The molecule has 10 heteroatoms. The summed E-state index contributed by atoms with van der Waals surface area (Å²) in [6, 6.07) is 13.0. The molecule has 0 saturated carbocycles. The van der Waals surface area contributed by atoms with E-state index in [9.17, 15) is 9.59 Å². The van der Waals surface area contributed by atoms with Crippen molar-refractivity contribution in [2.45, 2.75) is 25.6 Å². The average molecular weight is 467 g/mol. The SMILES string of the molecule is Cc1ccc(-c2noc(CN3N=N[C@H]4C(=O)N(c5ccc(Br)cc5)C(=O)[C@@H]43)n2)cc1. The number of rotatable bonds is 4. The van der Waals surface area contributed by atoms with Gasteiger partial charge in [-0.25, -0.2) is 4.90 Å². The van der Waals surface area contributed by atoms with Crippen molar-refractivity contribution in [2.75, 3.05) is 4.90 Å². The molecule has 0 radical (unpaired) electrons. The fourth-order valence-electron chi connectivity index (χ4n) is 3.48. The van der Waals surface area contributed by atoms with E-state index < -0.39 is 18.0 Å². The minimum atomic E-state index is -0.874. The van der Waals surface area contributed by atoms with Crippen molar-refractivity contribution in [3.05, 3.63) is 64.5 Å². The highest BCUT2D eigenvalue weighted by Gasteiger charge is 2.55. The Labute approximate surface area is 179 Å². The Morgan fingerprint density at radius 1 is 1.03 bits per heavy atom. The van der Waals surface area contributed by atoms with Gasteiger partial charge in [0, 0.05) is 10.0 Å². The number of carbonyl (C=O) groups is 2. The first-order valence-electron chi connectivity index (χ1n) is 9.22. The molecule has 150 valence electrons. The molecule has 1 saturated heterocycles. The zero-order chi connectivity index (χ0) is 20.8. The van der Waals surface area contributed by atoms with Crippen LogP contribution in [0.3, 0.4) is 0 Å². The van der Waals surface area contributed by atoms with Gasteiger partial charge in [-0.2, -0.15) is 10.1 Å². The van der Waals surface area contributed by atoms with E-state index in [2.05, 4.69) is 36.4 Å². The summed E-state index contributed by atoms with van der Waals surface area (Å²) in [7, 11) is 0. The molecular formula is C20H15BrN6O3. The van der Waals surface area contributed by atoms with E-state index in [0.29, 0.717) is 11.5 Å². The number of amides is 2. The lowest BCUT2D eigenvalue weighted by Crippen LogP contribution is -2.39. The van der Waals surface area contributed by atoms with Gasteiger partial charge in [-0.1, -0.05) is 56.1 Å². The predicted octanol–water partition coefficient (Wildman–Crippen LogP) is 3.30. The second-order valence-electron chi connectivity index (χ2n) is 7.06. The van der Waals surface area contributed by atoms with Crippen molar-refractivity contribution in [1.82, 2.24) is 15.1 Å². The molecule has 0 N–H and O–H groups in total. The summed E-state index contributed by atoms with van der Waals surface area (Å²) in [6.45, 7) is 2.08. The number of imide groups is 1. The highest BCUT2D eigenvalue weighted by Crippen LogP contribution is 2.33. The lowest BCUT2D eigenvalue weighted by atomic mass is 10.1. The van der Waals surface area contributed by atoms with Crippen LogP contribution in [0.25, 0.3) is 11.4 Å². The van der Waals surface area contributed by atoms with Crippen molar-refractivity contribution in [3.8, 4) is 11.4 Å². The number of benzene rings is 2. The van der Waals surface area contributed by atoms with Gasteiger partial charge in [-0.05, 0) is 31.2 Å². The van der Waals surface area contributed by atoms with Gasteiger partial charge in [0.1, 0.15) is 6.54 Å². The van der Waals surface area contributed by atoms with Crippen LogP contribution in [0, 0.1) is 6.92 Å². The summed E-state index contributed by atoms with van der Waals surface area (Å²) < 4.78 is 6.18. The van der Waals surface area contributed by atoms with E-state index in [4.69, 9.17) is 4.52 Å². The first kappa shape index (κ1) is 18.6. The molecule has 1 fully saturated rings. The van der Waals surface area contributed by atoms with E-state index in [1.807, 2.05) is 31.2 Å². The van der Waals surface area contributed by atoms with Gasteiger partial charge >= 0.3 is 0 Å². The maximum Gasteiger partial charge on any atom is 0.263 e. The fraction of sp³-hybridized carbons (Fsp3) is 0.200.